The van der Waals surface area contributed by atoms with Gasteiger partial charge in [0.25, 0.3) is 0 Å². The zero-order valence-corrected chi connectivity index (χ0v) is 20.2. The number of carbonyl (C=O) groups is 1. The number of anilines is 1. The monoisotopic (exact) mass is 538 g/mol. The third kappa shape index (κ3) is 6.42. The van der Waals surface area contributed by atoms with Crippen molar-refractivity contribution in [2.45, 2.75) is 32.4 Å². The topological polar surface area (TPSA) is 86.0 Å². The van der Waals surface area contributed by atoms with E-state index in [1.165, 1.54) is 0 Å². The Labute approximate surface area is 200 Å². The highest BCUT2D eigenvalue weighted by Gasteiger charge is 2.25. The number of guanidine groups is 1. The van der Waals surface area contributed by atoms with Gasteiger partial charge in [0.05, 0.1) is 5.69 Å². The molecule has 1 amide bonds. The predicted molar refractivity (Wildman–Crippen MR) is 131 cm³/mol. The van der Waals surface area contributed by atoms with E-state index in [1.807, 2.05) is 31.3 Å². The Bertz CT molecular complexity index is 861. The summed E-state index contributed by atoms with van der Waals surface area (Å²) < 4.78 is 4.92. The Hall–Kier alpha value is -2.14. The van der Waals surface area contributed by atoms with E-state index < -0.39 is 0 Å². The number of aromatic nitrogens is 1. The van der Waals surface area contributed by atoms with Gasteiger partial charge in [0.2, 0.25) is 5.91 Å². The van der Waals surface area contributed by atoms with Crippen molar-refractivity contribution < 1.29 is 9.32 Å². The van der Waals surface area contributed by atoms with Crippen molar-refractivity contribution in [2.75, 3.05) is 38.5 Å². The van der Waals surface area contributed by atoms with Crippen LogP contribution in [0.1, 0.15) is 30.5 Å². The summed E-state index contributed by atoms with van der Waals surface area (Å²) in [4.78, 5) is 21.3. The summed E-state index contributed by atoms with van der Waals surface area (Å²) in [5.41, 5.74) is 2.95. The molecule has 168 valence electrons. The van der Waals surface area contributed by atoms with Crippen LogP contribution in [0.4, 0.5) is 5.69 Å². The molecule has 2 aromatic rings. The van der Waals surface area contributed by atoms with Gasteiger partial charge in [-0.25, -0.2) is 0 Å². The lowest BCUT2D eigenvalue weighted by Gasteiger charge is -2.36. The van der Waals surface area contributed by atoms with E-state index in [0.717, 1.165) is 74.9 Å². The van der Waals surface area contributed by atoms with Crippen molar-refractivity contribution in [1.82, 2.24) is 20.3 Å². The summed E-state index contributed by atoms with van der Waals surface area (Å²) in [5.74, 6) is 1.24. The Morgan fingerprint density at radius 3 is 2.68 bits per heavy atom. The van der Waals surface area contributed by atoms with Crippen molar-refractivity contribution in [3.05, 3.63) is 47.9 Å². The van der Waals surface area contributed by atoms with E-state index in [9.17, 15) is 4.79 Å². The molecule has 1 saturated heterocycles. The van der Waals surface area contributed by atoms with Crippen molar-refractivity contribution >= 4 is 41.5 Å². The molecule has 1 aromatic heterocycles. The molecule has 31 heavy (non-hydrogen) atoms. The maximum absolute atomic E-state index is 12.2. The smallest absolute Gasteiger partial charge is 0.227 e. The number of carbonyl (C=O) groups excluding carboxylic acids is 1. The zero-order valence-electron chi connectivity index (χ0n) is 17.9. The lowest BCUT2D eigenvalue weighted by Crippen LogP contribution is -2.52. The van der Waals surface area contributed by atoms with Gasteiger partial charge in [-0.3, -0.25) is 14.7 Å². The first-order valence-corrected chi connectivity index (χ1v) is 10.7. The zero-order chi connectivity index (χ0) is 20.8. The molecule has 1 aliphatic heterocycles. The summed E-state index contributed by atoms with van der Waals surface area (Å²) in [6.07, 6.45) is 4.80. The fourth-order valence-electron chi connectivity index (χ4n) is 3.85. The molecule has 1 aromatic carbocycles. The van der Waals surface area contributed by atoms with Crippen molar-refractivity contribution in [3.63, 3.8) is 0 Å². The SMILES string of the molecule is CN=C(NCc1cccc(NC(=O)C2CCC2)c1)N1CCN(Cc2ccon2)CC1.I. The summed E-state index contributed by atoms with van der Waals surface area (Å²) in [7, 11) is 1.82. The second kappa shape index (κ2) is 11.5. The van der Waals surface area contributed by atoms with Crippen molar-refractivity contribution in [2.24, 2.45) is 10.9 Å². The standard InChI is InChI=1S/C22H30N6O2.HI/c1-23-22(28-11-9-27(10-12-28)16-20-8-13-30-26-20)24-15-17-4-2-7-19(14-17)25-21(29)18-5-3-6-18;/h2,4,7-8,13-14,18H,3,5-6,9-12,15-16H2,1H3,(H,23,24)(H,25,29);1H. The molecular weight excluding hydrogens is 507 g/mol. The maximum atomic E-state index is 12.2. The van der Waals surface area contributed by atoms with E-state index in [2.05, 4.69) is 36.6 Å². The Morgan fingerprint density at radius 1 is 1.23 bits per heavy atom. The van der Waals surface area contributed by atoms with Crippen LogP contribution in [0.15, 0.2) is 46.1 Å². The van der Waals surface area contributed by atoms with Gasteiger partial charge >= 0.3 is 0 Å². The minimum Gasteiger partial charge on any atom is -0.364 e. The average Bonchev–Trinajstić information content (AvgIpc) is 3.21. The molecule has 0 unspecified atom stereocenters. The highest BCUT2D eigenvalue weighted by molar-refractivity contribution is 14.0. The molecule has 0 spiro atoms. The lowest BCUT2D eigenvalue weighted by molar-refractivity contribution is -0.122. The van der Waals surface area contributed by atoms with Gasteiger partial charge in [-0.1, -0.05) is 23.7 Å². The number of piperazine rings is 1. The molecule has 0 radical (unpaired) electrons. The first kappa shape index (κ1) is 23.5. The summed E-state index contributed by atoms with van der Waals surface area (Å²) in [6, 6.07) is 9.94. The summed E-state index contributed by atoms with van der Waals surface area (Å²) >= 11 is 0. The molecule has 1 aliphatic carbocycles. The van der Waals surface area contributed by atoms with Gasteiger partial charge in [-0.15, -0.1) is 24.0 Å². The molecule has 0 bridgehead atoms. The molecule has 2 N–H and O–H groups in total. The lowest BCUT2D eigenvalue weighted by atomic mass is 9.85. The van der Waals surface area contributed by atoms with Gasteiger partial charge in [0.1, 0.15) is 6.26 Å². The van der Waals surface area contributed by atoms with Gasteiger partial charge in [0.15, 0.2) is 5.96 Å². The van der Waals surface area contributed by atoms with Crippen LogP contribution in [0.25, 0.3) is 0 Å². The highest BCUT2D eigenvalue weighted by atomic mass is 127. The van der Waals surface area contributed by atoms with Gasteiger partial charge in [-0.05, 0) is 30.5 Å². The second-order valence-corrected chi connectivity index (χ2v) is 7.97. The molecule has 0 atom stereocenters. The van der Waals surface area contributed by atoms with Crippen molar-refractivity contribution in [1.29, 1.82) is 0 Å². The second-order valence-electron chi connectivity index (χ2n) is 7.97. The molecule has 2 fully saturated rings. The number of benzene rings is 1. The fraction of sp³-hybridized carbons (Fsp3) is 0.500. The molecule has 9 heteroatoms. The molecule has 1 saturated carbocycles. The van der Waals surface area contributed by atoms with Crippen LogP contribution in [-0.2, 0) is 17.9 Å². The summed E-state index contributed by atoms with van der Waals surface area (Å²) in [5, 5.41) is 10.5. The number of aliphatic imine (C=N–C) groups is 1. The van der Waals surface area contributed by atoms with E-state index in [1.54, 1.807) is 6.26 Å². The maximum Gasteiger partial charge on any atom is 0.227 e. The minimum atomic E-state index is 0. The number of amides is 1. The largest absolute Gasteiger partial charge is 0.364 e. The number of nitrogens with zero attached hydrogens (tertiary/aromatic N) is 4. The van der Waals surface area contributed by atoms with Crippen LogP contribution in [0, 0.1) is 5.92 Å². The van der Waals surface area contributed by atoms with Gasteiger partial charge in [-0.2, -0.15) is 0 Å². The minimum absolute atomic E-state index is 0. The molecule has 2 heterocycles. The van der Waals surface area contributed by atoms with Crippen LogP contribution in [0.3, 0.4) is 0 Å². The molecular formula is C22H31IN6O2. The summed E-state index contributed by atoms with van der Waals surface area (Å²) in [6.45, 7) is 5.21. The Morgan fingerprint density at radius 2 is 2.03 bits per heavy atom. The van der Waals surface area contributed by atoms with Crippen LogP contribution in [0.2, 0.25) is 0 Å². The number of rotatable bonds is 6. The van der Waals surface area contributed by atoms with Gasteiger partial charge < -0.3 is 20.1 Å². The molecule has 2 aliphatic rings. The average molecular weight is 538 g/mol. The first-order valence-electron chi connectivity index (χ1n) is 10.7. The Balaban J connectivity index is 0.00000272. The first-order chi connectivity index (χ1) is 14.7. The fourth-order valence-corrected chi connectivity index (χ4v) is 3.85. The van der Waals surface area contributed by atoms with E-state index in [0.29, 0.717) is 6.54 Å². The third-order valence-corrected chi connectivity index (χ3v) is 5.88. The van der Waals surface area contributed by atoms with E-state index in [-0.39, 0.29) is 35.8 Å². The van der Waals surface area contributed by atoms with Crippen LogP contribution < -0.4 is 10.6 Å². The number of hydrogen-bond acceptors (Lipinski definition) is 5. The molecule has 4 rings (SSSR count). The van der Waals surface area contributed by atoms with Crippen LogP contribution >= 0.6 is 24.0 Å². The van der Waals surface area contributed by atoms with Crippen LogP contribution in [0.5, 0.6) is 0 Å². The highest BCUT2D eigenvalue weighted by Crippen LogP contribution is 2.27. The Kier molecular flexibility index (Phi) is 8.70. The van der Waals surface area contributed by atoms with E-state index in [4.69, 9.17) is 4.52 Å². The van der Waals surface area contributed by atoms with Gasteiger partial charge in [0, 0.05) is 64.0 Å². The normalized spacial score (nSPS) is 17.6. The third-order valence-electron chi connectivity index (χ3n) is 5.88. The number of nitrogens with one attached hydrogen (secondary N) is 2. The van der Waals surface area contributed by atoms with Crippen LogP contribution in [-0.4, -0.2) is 60.0 Å². The quantitative estimate of drug-likeness (QED) is 0.334. The number of hydrogen-bond donors (Lipinski definition) is 2. The van der Waals surface area contributed by atoms with Crippen molar-refractivity contribution in [3.8, 4) is 0 Å². The number of halogens is 1. The predicted octanol–water partition coefficient (Wildman–Crippen LogP) is 2.92. The molecule has 8 nitrogen and oxygen atoms in total. The van der Waals surface area contributed by atoms with E-state index >= 15 is 0 Å².